The van der Waals surface area contributed by atoms with Crippen molar-refractivity contribution in [2.75, 3.05) is 0 Å². The summed E-state index contributed by atoms with van der Waals surface area (Å²) in [6.07, 6.45) is 6.22. The first-order valence-corrected chi connectivity index (χ1v) is 3.99. The van der Waals surface area contributed by atoms with Gasteiger partial charge in [-0.2, -0.15) is 5.10 Å². The number of hydrogen-bond donors (Lipinski definition) is 3. The summed E-state index contributed by atoms with van der Waals surface area (Å²) in [6.45, 7) is 0. The maximum absolute atomic E-state index is 5.39. The van der Waals surface area contributed by atoms with Gasteiger partial charge in [0.1, 0.15) is 18.2 Å². The second-order valence-corrected chi connectivity index (χ2v) is 2.60. The third-order valence-corrected chi connectivity index (χ3v) is 1.75. The summed E-state index contributed by atoms with van der Waals surface area (Å²) in [7, 11) is 0. The molecule has 14 heavy (non-hydrogen) atoms. The number of nitrogens with zero attached hydrogens (tertiary/aromatic N) is 4. The third kappa shape index (κ3) is 1.58. The SMILES string of the molecule is NNC(c1cnccn1)c1ncn[nH]1. The molecule has 2 heterocycles. The average Bonchev–Trinajstić information content (AvgIpc) is 2.74. The Hall–Kier alpha value is -1.86. The zero-order valence-corrected chi connectivity index (χ0v) is 7.25. The van der Waals surface area contributed by atoms with Crippen LogP contribution < -0.4 is 11.3 Å². The zero-order chi connectivity index (χ0) is 9.80. The van der Waals surface area contributed by atoms with Gasteiger partial charge in [-0.3, -0.25) is 20.9 Å². The normalized spacial score (nSPS) is 12.6. The Labute approximate surface area is 79.8 Å². The highest BCUT2D eigenvalue weighted by molar-refractivity contribution is 5.11. The highest BCUT2D eigenvalue weighted by Gasteiger charge is 2.16. The van der Waals surface area contributed by atoms with Gasteiger partial charge >= 0.3 is 0 Å². The van der Waals surface area contributed by atoms with Crippen LogP contribution >= 0.6 is 0 Å². The van der Waals surface area contributed by atoms with Crippen molar-refractivity contribution in [2.24, 2.45) is 5.84 Å². The van der Waals surface area contributed by atoms with Crippen molar-refractivity contribution in [1.82, 2.24) is 30.6 Å². The molecule has 0 radical (unpaired) electrons. The summed E-state index contributed by atoms with van der Waals surface area (Å²) in [6, 6.07) is -0.314. The lowest BCUT2D eigenvalue weighted by Gasteiger charge is -2.10. The van der Waals surface area contributed by atoms with Crippen LogP contribution in [-0.2, 0) is 0 Å². The van der Waals surface area contributed by atoms with Crippen molar-refractivity contribution >= 4 is 0 Å². The van der Waals surface area contributed by atoms with Crippen LogP contribution in [0.15, 0.2) is 24.9 Å². The molecule has 7 heteroatoms. The summed E-state index contributed by atoms with van der Waals surface area (Å²) in [5.41, 5.74) is 3.27. The van der Waals surface area contributed by atoms with Crippen molar-refractivity contribution in [1.29, 1.82) is 0 Å². The van der Waals surface area contributed by atoms with E-state index in [1.54, 1.807) is 18.6 Å². The van der Waals surface area contributed by atoms with E-state index in [1.807, 2.05) is 0 Å². The van der Waals surface area contributed by atoms with Crippen LogP contribution in [0.3, 0.4) is 0 Å². The van der Waals surface area contributed by atoms with Crippen molar-refractivity contribution in [2.45, 2.75) is 6.04 Å². The number of hydrogen-bond acceptors (Lipinski definition) is 6. The minimum absolute atomic E-state index is 0.314. The molecule has 0 amide bonds. The molecule has 1 atom stereocenters. The highest BCUT2D eigenvalue weighted by atomic mass is 15.3. The zero-order valence-electron chi connectivity index (χ0n) is 7.25. The molecular formula is C7H9N7. The molecule has 7 nitrogen and oxygen atoms in total. The Morgan fingerprint density at radius 3 is 2.86 bits per heavy atom. The summed E-state index contributed by atoms with van der Waals surface area (Å²) >= 11 is 0. The molecule has 0 bridgehead atoms. The van der Waals surface area contributed by atoms with E-state index in [2.05, 4.69) is 30.6 Å². The van der Waals surface area contributed by atoms with Crippen LogP contribution in [0.5, 0.6) is 0 Å². The first kappa shape index (κ1) is 8.73. The fourth-order valence-electron chi connectivity index (χ4n) is 1.12. The second-order valence-electron chi connectivity index (χ2n) is 2.60. The molecule has 0 aliphatic rings. The molecular weight excluding hydrogens is 182 g/mol. The van der Waals surface area contributed by atoms with Gasteiger partial charge in [0, 0.05) is 12.4 Å². The fraction of sp³-hybridized carbons (Fsp3) is 0.143. The minimum Gasteiger partial charge on any atom is -0.270 e. The lowest BCUT2D eigenvalue weighted by Crippen LogP contribution is -2.30. The first-order valence-electron chi connectivity index (χ1n) is 3.99. The lowest BCUT2D eigenvalue weighted by molar-refractivity contribution is 0.587. The summed E-state index contributed by atoms with van der Waals surface area (Å²) in [4.78, 5) is 12.0. The number of H-pyrrole nitrogens is 1. The number of aromatic amines is 1. The van der Waals surface area contributed by atoms with E-state index in [9.17, 15) is 0 Å². The Bertz CT molecular complexity index is 370. The molecule has 1 unspecified atom stereocenters. The van der Waals surface area contributed by atoms with Gasteiger partial charge in [0.2, 0.25) is 0 Å². The molecule has 2 aromatic heterocycles. The molecule has 0 aliphatic heterocycles. The van der Waals surface area contributed by atoms with Gasteiger partial charge in [-0.25, -0.2) is 10.4 Å². The minimum atomic E-state index is -0.314. The van der Waals surface area contributed by atoms with E-state index < -0.39 is 0 Å². The van der Waals surface area contributed by atoms with Gasteiger partial charge in [0.25, 0.3) is 0 Å². The molecule has 0 saturated carbocycles. The molecule has 0 fully saturated rings. The molecule has 0 saturated heterocycles. The molecule has 2 aromatic rings. The van der Waals surface area contributed by atoms with Crippen LogP contribution in [0, 0.1) is 0 Å². The second kappa shape index (κ2) is 3.90. The molecule has 2 rings (SSSR count). The van der Waals surface area contributed by atoms with Crippen LogP contribution in [0.2, 0.25) is 0 Å². The van der Waals surface area contributed by atoms with Gasteiger partial charge in [0.05, 0.1) is 11.9 Å². The van der Waals surface area contributed by atoms with E-state index in [-0.39, 0.29) is 6.04 Å². The Morgan fingerprint density at radius 2 is 2.29 bits per heavy atom. The predicted octanol–water partition coefficient (Wildman–Crippen LogP) is -0.853. The lowest BCUT2D eigenvalue weighted by atomic mass is 10.2. The van der Waals surface area contributed by atoms with Gasteiger partial charge in [-0.1, -0.05) is 0 Å². The number of hydrazine groups is 1. The van der Waals surface area contributed by atoms with Gasteiger partial charge in [-0.05, 0) is 0 Å². The number of rotatable bonds is 3. The highest BCUT2D eigenvalue weighted by Crippen LogP contribution is 2.12. The topological polar surface area (TPSA) is 105 Å². The maximum Gasteiger partial charge on any atom is 0.148 e. The Morgan fingerprint density at radius 1 is 1.36 bits per heavy atom. The van der Waals surface area contributed by atoms with Gasteiger partial charge < -0.3 is 0 Å². The molecule has 0 aliphatic carbocycles. The van der Waals surface area contributed by atoms with Gasteiger partial charge in [0.15, 0.2) is 0 Å². The average molecular weight is 191 g/mol. The van der Waals surface area contributed by atoms with E-state index in [4.69, 9.17) is 5.84 Å². The van der Waals surface area contributed by atoms with Crippen LogP contribution in [0.4, 0.5) is 0 Å². The number of nitrogens with one attached hydrogen (secondary N) is 2. The Balaban J connectivity index is 2.31. The summed E-state index contributed by atoms with van der Waals surface area (Å²) in [5.74, 6) is 6.00. The van der Waals surface area contributed by atoms with E-state index >= 15 is 0 Å². The molecule has 72 valence electrons. The first-order chi connectivity index (χ1) is 6.92. The van der Waals surface area contributed by atoms with Crippen molar-refractivity contribution < 1.29 is 0 Å². The van der Waals surface area contributed by atoms with Gasteiger partial charge in [-0.15, -0.1) is 0 Å². The summed E-state index contributed by atoms with van der Waals surface area (Å²) < 4.78 is 0. The number of aromatic nitrogens is 5. The monoisotopic (exact) mass is 191 g/mol. The number of nitrogens with two attached hydrogens (primary N) is 1. The standard InChI is InChI=1S/C7H9N7/c8-13-6(7-11-4-12-14-7)5-3-9-1-2-10-5/h1-4,6,13H,8H2,(H,11,12,14). The van der Waals surface area contributed by atoms with Crippen LogP contribution in [-0.4, -0.2) is 25.1 Å². The molecule has 0 aromatic carbocycles. The fourth-order valence-corrected chi connectivity index (χ4v) is 1.12. The molecule has 4 N–H and O–H groups in total. The largest absolute Gasteiger partial charge is 0.270 e. The van der Waals surface area contributed by atoms with Crippen molar-refractivity contribution in [3.63, 3.8) is 0 Å². The predicted molar refractivity (Wildman–Crippen MR) is 47.6 cm³/mol. The van der Waals surface area contributed by atoms with E-state index in [1.165, 1.54) is 6.33 Å². The van der Waals surface area contributed by atoms with E-state index in [0.29, 0.717) is 11.5 Å². The summed E-state index contributed by atoms with van der Waals surface area (Å²) in [5, 5.41) is 6.45. The Kier molecular flexibility index (Phi) is 2.43. The maximum atomic E-state index is 5.39. The van der Waals surface area contributed by atoms with Crippen molar-refractivity contribution in [3.05, 3.63) is 36.4 Å². The van der Waals surface area contributed by atoms with Crippen LogP contribution in [0.25, 0.3) is 0 Å². The smallest absolute Gasteiger partial charge is 0.148 e. The van der Waals surface area contributed by atoms with Crippen molar-refractivity contribution in [3.8, 4) is 0 Å². The van der Waals surface area contributed by atoms with E-state index in [0.717, 1.165) is 0 Å². The molecule has 0 spiro atoms. The quantitative estimate of drug-likeness (QED) is 0.431. The third-order valence-electron chi connectivity index (χ3n) is 1.75. The van der Waals surface area contributed by atoms with Crippen LogP contribution in [0.1, 0.15) is 17.6 Å².